The minimum Gasteiger partial charge on any atom is -0.478 e. The molecule has 0 saturated heterocycles. The molecular weight excluding hydrogens is 240 g/mol. The van der Waals surface area contributed by atoms with E-state index in [1.54, 1.807) is 18.2 Å². The third kappa shape index (κ3) is 4.16. The van der Waals surface area contributed by atoms with E-state index in [1.807, 2.05) is 0 Å². The first kappa shape index (κ1) is 15.3. The Labute approximate surface area is 115 Å². The van der Waals surface area contributed by atoms with Crippen molar-refractivity contribution in [2.75, 3.05) is 17.2 Å². The number of carboxylic acid groups (broad SMARTS) is 1. The van der Waals surface area contributed by atoms with Gasteiger partial charge in [0.2, 0.25) is 0 Å². The predicted molar refractivity (Wildman–Crippen MR) is 79.8 cm³/mol. The van der Waals surface area contributed by atoms with Gasteiger partial charge in [0.05, 0.1) is 11.3 Å². The topological polar surface area (TPSA) is 66.6 Å². The van der Waals surface area contributed by atoms with Crippen LogP contribution in [-0.2, 0) is 0 Å². The van der Waals surface area contributed by atoms with Crippen molar-refractivity contribution in [3.63, 3.8) is 0 Å². The van der Waals surface area contributed by atoms with Gasteiger partial charge in [0.25, 0.3) is 0 Å². The van der Waals surface area contributed by atoms with Crippen LogP contribution in [0.1, 0.15) is 50.4 Å². The highest BCUT2D eigenvalue weighted by Gasteiger charge is 2.18. The lowest BCUT2D eigenvalue weighted by atomic mass is 10.1. The average Bonchev–Trinajstić information content (AvgIpc) is 2.33. The summed E-state index contributed by atoms with van der Waals surface area (Å²) >= 11 is 0. The lowest BCUT2D eigenvalue weighted by Crippen LogP contribution is -2.33. The summed E-state index contributed by atoms with van der Waals surface area (Å²) in [5.41, 5.74) is 7.44. The molecule has 0 heterocycles. The Morgan fingerprint density at radius 1 is 1.37 bits per heavy atom. The maximum absolute atomic E-state index is 11.3. The second-order valence-electron chi connectivity index (χ2n) is 5.08. The molecule has 0 aliphatic heterocycles. The van der Waals surface area contributed by atoms with E-state index >= 15 is 0 Å². The van der Waals surface area contributed by atoms with Crippen LogP contribution in [0.2, 0.25) is 0 Å². The molecule has 0 bridgehead atoms. The molecule has 1 aromatic carbocycles. The summed E-state index contributed by atoms with van der Waals surface area (Å²) in [5.74, 6) is -0.906. The van der Waals surface area contributed by atoms with Crippen molar-refractivity contribution in [1.82, 2.24) is 0 Å². The Morgan fingerprint density at radius 3 is 2.58 bits per heavy atom. The molecule has 0 atom stereocenters. The van der Waals surface area contributed by atoms with E-state index in [0.717, 1.165) is 31.5 Å². The number of rotatable bonds is 7. The fourth-order valence-electron chi connectivity index (χ4n) is 2.16. The zero-order valence-corrected chi connectivity index (χ0v) is 12.0. The van der Waals surface area contributed by atoms with Gasteiger partial charge in [-0.15, -0.1) is 0 Å². The Morgan fingerprint density at radius 2 is 2.05 bits per heavy atom. The molecule has 0 amide bonds. The van der Waals surface area contributed by atoms with Gasteiger partial charge in [0, 0.05) is 18.3 Å². The lowest BCUT2D eigenvalue weighted by molar-refractivity contribution is 0.0697. The highest BCUT2D eigenvalue weighted by Crippen LogP contribution is 2.26. The van der Waals surface area contributed by atoms with Gasteiger partial charge in [-0.05, 0) is 38.5 Å². The van der Waals surface area contributed by atoms with E-state index in [1.165, 1.54) is 0 Å². The van der Waals surface area contributed by atoms with Crippen LogP contribution in [0, 0.1) is 0 Å². The highest BCUT2D eigenvalue weighted by atomic mass is 16.4. The average molecular weight is 264 g/mol. The molecular formula is C15H24N2O2. The maximum atomic E-state index is 11.3. The molecule has 106 valence electrons. The lowest BCUT2D eigenvalue weighted by Gasteiger charge is -2.30. The van der Waals surface area contributed by atoms with Crippen LogP contribution >= 0.6 is 0 Å². The first-order valence-electron chi connectivity index (χ1n) is 6.86. The second-order valence-corrected chi connectivity index (χ2v) is 5.08. The van der Waals surface area contributed by atoms with Crippen LogP contribution < -0.4 is 10.6 Å². The molecule has 0 radical (unpaired) electrons. The summed E-state index contributed by atoms with van der Waals surface area (Å²) in [6, 6.07) is 5.23. The first-order valence-corrected chi connectivity index (χ1v) is 6.86. The quantitative estimate of drug-likeness (QED) is 0.585. The molecule has 0 aromatic heterocycles. The Hall–Kier alpha value is -1.71. The Balaban J connectivity index is 3.06. The Kier molecular flexibility index (Phi) is 5.67. The molecule has 4 nitrogen and oxygen atoms in total. The molecule has 0 aliphatic carbocycles. The number of unbranched alkanes of at least 4 members (excludes halogenated alkanes) is 2. The van der Waals surface area contributed by atoms with Crippen LogP contribution in [0.4, 0.5) is 11.4 Å². The van der Waals surface area contributed by atoms with E-state index in [-0.39, 0.29) is 6.04 Å². The number of hydrogen-bond acceptors (Lipinski definition) is 3. The van der Waals surface area contributed by atoms with Crippen LogP contribution in [0.5, 0.6) is 0 Å². The van der Waals surface area contributed by atoms with Gasteiger partial charge in [-0.1, -0.05) is 19.8 Å². The van der Waals surface area contributed by atoms with Crippen LogP contribution in [-0.4, -0.2) is 23.7 Å². The molecule has 3 N–H and O–H groups in total. The monoisotopic (exact) mass is 264 g/mol. The summed E-state index contributed by atoms with van der Waals surface area (Å²) < 4.78 is 0. The van der Waals surface area contributed by atoms with Crippen molar-refractivity contribution >= 4 is 17.3 Å². The minimum atomic E-state index is -0.906. The summed E-state index contributed by atoms with van der Waals surface area (Å²) in [6.07, 6.45) is 3.35. The van der Waals surface area contributed by atoms with Crippen LogP contribution in [0.25, 0.3) is 0 Å². The van der Waals surface area contributed by atoms with Gasteiger partial charge in [-0.3, -0.25) is 0 Å². The third-order valence-corrected chi connectivity index (χ3v) is 3.19. The maximum Gasteiger partial charge on any atom is 0.337 e. The summed E-state index contributed by atoms with van der Waals surface area (Å²) in [4.78, 5) is 13.4. The van der Waals surface area contributed by atoms with Crippen molar-refractivity contribution in [2.24, 2.45) is 0 Å². The van der Waals surface area contributed by atoms with Gasteiger partial charge in [-0.2, -0.15) is 0 Å². The molecule has 4 heteroatoms. The molecule has 0 saturated carbocycles. The van der Waals surface area contributed by atoms with E-state index in [9.17, 15) is 9.90 Å². The number of hydrogen-bond donors (Lipinski definition) is 2. The molecule has 0 fully saturated rings. The molecule has 0 spiro atoms. The third-order valence-electron chi connectivity index (χ3n) is 3.19. The number of aromatic carboxylic acids is 1. The van der Waals surface area contributed by atoms with Crippen molar-refractivity contribution < 1.29 is 9.90 Å². The summed E-state index contributed by atoms with van der Waals surface area (Å²) in [6.45, 7) is 7.15. The fourth-order valence-corrected chi connectivity index (χ4v) is 2.16. The standard InChI is InChI=1S/C15H24N2O2/c1-4-5-6-9-17(11(2)3)14-10-12(16)7-8-13(14)15(18)19/h7-8,10-11H,4-6,9,16H2,1-3H3,(H,18,19). The highest BCUT2D eigenvalue weighted by molar-refractivity contribution is 5.95. The smallest absolute Gasteiger partial charge is 0.337 e. The van der Waals surface area contributed by atoms with Gasteiger partial charge >= 0.3 is 5.97 Å². The van der Waals surface area contributed by atoms with Gasteiger partial charge in [-0.25, -0.2) is 4.79 Å². The second kappa shape index (κ2) is 7.02. The number of nitrogens with two attached hydrogens (primary N) is 1. The normalized spacial score (nSPS) is 10.7. The number of nitrogen functional groups attached to an aromatic ring is 1. The number of nitrogens with zero attached hydrogens (tertiary/aromatic N) is 1. The fraction of sp³-hybridized carbons (Fsp3) is 0.533. The van der Waals surface area contributed by atoms with E-state index in [0.29, 0.717) is 11.3 Å². The van der Waals surface area contributed by atoms with E-state index < -0.39 is 5.97 Å². The molecule has 0 aliphatic rings. The van der Waals surface area contributed by atoms with Crippen molar-refractivity contribution in [3.8, 4) is 0 Å². The first-order chi connectivity index (χ1) is 8.97. The zero-order valence-electron chi connectivity index (χ0n) is 12.0. The molecule has 0 unspecified atom stereocenters. The molecule has 1 rings (SSSR count). The number of carbonyl (C=O) groups is 1. The van der Waals surface area contributed by atoms with Gasteiger partial charge in [0.1, 0.15) is 0 Å². The van der Waals surface area contributed by atoms with E-state index in [2.05, 4.69) is 25.7 Å². The van der Waals surface area contributed by atoms with Crippen LogP contribution in [0.3, 0.4) is 0 Å². The SMILES string of the molecule is CCCCCN(c1cc(N)ccc1C(=O)O)C(C)C. The molecule has 1 aromatic rings. The summed E-state index contributed by atoms with van der Waals surface area (Å²) in [5, 5.41) is 9.29. The van der Waals surface area contributed by atoms with Crippen molar-refractivity contribution in [2.45, 2.75) is 46.1 Å². The molecule has 19 heavy (non-hydrogen) atoms. The zero-order chi connectivity index (χ0) is 14.4. The number of benzene rings is 1. The van der Waals surface area contributed by atoms with Crippen molar-refractivity contribution in [1.29, 1.82) is 0 Å². The van der Waals surface area contributed by atoms with Gasteiger partial charge < -0.3 is 15.7 Å². The summed E-state index contributed by atoms with van der Waals surface area (Å²) in [7, 11) is 0. The van der Waals surface area contributed by atoms with Crippen LogP contribution in [0.15, 0.2) is 18.2 Å². The van der Waals surface area contributed by atoms with Crippen molar-refractivity contribution in [3.05, 3.63) is 23.8 Å². The Bertz CT molecular complexity index is 430. The van der Waals surface area contributed by atoms with Gasteiger partial charge in [0.15, 0.2) is 0 Å². The van der Waals surface area contributed by atoms with E-state index in [4.69, 9.17) is 5.73 Å². The number of anilines is 2. The predicted octanol–water partition coefficient (Wildman–Crippen LogP) is 3.37. The number of carboxylic acids is 1. The largest absolute Gasteiger partial charge is 0.478 e. The minimum absolute atomic E-state index is 0.247.